The van der Waals surface area contributed by atoms with E-state index >= 15 is 0 Å². The summed E-state index contributed by atoms with van der Waals surface area (Å²) in [5.41, 5.74) is 3.11. The summed E-state index contributed by atoms with van der Waals surface area (Å²) in [6.07, 6.45) is 3.07. The summed E-state index contributed by atoms with van der Waals surface area (Å²) >= 11 is 0. The number of nitrogens with zero attached hydrogens (tertiary/aromatic N) is 4. The number of piperidine rings is 1. The number of hydrogen-bond donors (Lipinski definition) is 1. The third-order valence-corrected chi connectivity index (χ3v) is 7.77. The predicted octanol–water partition coefficient (Wildman–Crippen LogP) is 4.16. The Kier molecular flexibility index (Phi) is 7.78. The Balaban J connectivity index is 1.42. The number of ether oxygens (including phenoxy) is 1. The molecule has 0 unspecified atom stereocenters. The number of nitrogens with one attached hydrogen (secondary N) is 1. The monoisotopic (exact) mass is 551 g/mol. The van der Waals surface area contributed by atoms with E-state index in [1.165, 1.54) is 4.68 Å². The van der Waals surface area contributed by atoms with Crippen molar-refractivity contribution < 1.29 is 14.3 Å². The zero-order chi connectivity index (χ0) is 28.2. The van der Waals surface area contributed by atoms with Crippen molar-refractivity contribution in [3.63, 3.8) is 0 Å². The lowest BCUT2D eigenvalue weighted by molar-refractivity contribution is -0.133. The predicted molar refractivity (Wildman–Crippen MR) is 159 cm³/mol. The van der Waals surface area contributed by atoms with Gasteiger partial charge in [0.1, 0.15) is 6.54 Å². The van der Waals surface area contributed by atoms with Gasteiger partial charge in [0.2, 0.25) is 5.91 Å². The molecule has 0 spiro atoms. The first-order chi connectivity index (χ1) is 20.1. The Morgan fingerprint density at radius 1 is 0.829 bits per heavy atom. The van der Waals surface area contributed by atoms with Crippen LogP contribution in [-0.2, 0) is 16.1 Å². The second-order valence-electron chi connectivity index (χ2n) is 10.4. The number of amides is 2. The number of aromatic nitrogens is 2. The van der Waals surface area contributed by atoms with Gasteiger partial charge in [-0.25, -0.2) is 4.68 Å². The maximum Gasteiger partial charge on any atom is 0.275 e. The van der Waals surface area contributed by atoms with Crippen molar-refractivity contribution in [2.24, 2.45) is 0 Å². The number of rotatable bonds is 6. The molecule has 6 rings (SSSR count). The number of benzene rings is 3. The molecule has 9 nitrogen and oxygen atoms in total. The largest absolute Gasteiger partial charge is 0.378 e. The summed E-state index contributed by atoms with van der Waals surface area (Å²) in [5.74, 6) is -0.314. The molecule has 9 heteroatoms. The van der Waals surface area contributed by atoms with Crippen molar-refractivity contribution >= 4 is 34.0 Å². The van der Waals surface area contributed by atoms with E-state index in [1.807, 2.05) is 59.5 Å². The average Bonchev–Trinajstić information content (AvgIpc) is 3.03. The summed E-state index contributed by atoms with van der Waals surface area (Å²) in [7, 11) is 0. The smallest absolute Gasteiger partial charge is 0.275 e. The molecule has 0 bridgehead atoms. The molecular formula is C32H33N5O4. The zero-order valence-electron chi connectivity index (χ0n) is 22.9. The van der Waals surface area contributed by atoms with Gasteiger partial charge < -0.3 is 19.9 Å². The van der Waals surface area contributed by atoms with E-state index < -0.39 is 0 Å². The topological polar surface area (TPSA) is 96.8 Å². The number of fused-ring (bicyclic) bond motifs is 1. The minimum Gasteiger partial charge on any atom is -0.378 e. The second kappa shape index (κ2) is 11.9. The lowest BCUT2D eigenvalue weighted by atomic mass is 10.0. The molecule has 2 aliphatic rings. The number of anilines is 2. The van der Waals surface area contributed by atoms with E-state index in [4.69, 9.17) is 9.84 Å². The second-order valence-corrected chi connectivity index (χ2v) is 10.4. The summed E-state index contributed by atoms with van der Waals surface area (Å²) in [6, 6.07) is 22.3. The molecule has 3 aromatic carbocycles. The van der Waals surface area contributed by atoms with Crippen molar-refractivity contribution in [1.82, 2.24) is 14.7 Å². The quantitative estimate of drug-likeness (QED) is 0.387. The molecule has 0 aliphatic carbocycles. The lowest BCUT2D eigenvalue weighted by Gasteiger charge is -2.31. The van der Waals surface area contributed by atoms with Crippen molar-refractivity contribution in [3.05, 3.63) is 88.7 Å². The molecule has 1 aromatic heterocycles. The van der Waals surface area contributed by atoms with Gasteiger partial charge in [-0.15, -0.1) is 0 Å². The number of carbonyl (C=O) groups excluding carboxylic acids is 2. The molecule has 41 heavy (non-hydrogen) atoms. The van der Waals surface area contributed by atoms with Crippen molar-refractivity contribution in [2.45, 2.75) is 25.8 Å². The fourth-order valence-electron chi connectivity index (χ4n) is 5.57. The van der Waals surface area contributed by atoms with E-state index in [0.29, 0.717) is 67.1 Å². The van der Waals surface area contributed by atoms with E-state index in [9.17, 15) is 14.4 Å². The standard InChI is InChI=1S/C32H33N5O4/c38-29(36-15-7-2-8-16-36)22-37-32(40)26-12-6-5-11-25(26)30(34-37)24-13-14-28(35-17-19-41-20-18-35)27(21-24)33-31(39)23-9-3-1-4-10-23/h1,3-6,9-14,21H,2,7-8,15-20,22H2,(H,33,39). The summed E-state index contributed by atoms with van der Waals surface area (Å²) in [6.45, 7) is 3.94. The highest BCUT2D eigenvalue weighted by Gasteiger charge is 2.22. The molecule has 0 atom stereocenters. The van der Waals surface area contributed by atoms with Gasteiger partial charge in [0.05, 0.1) is 35.7 Å². The first kappa shape index (κ1) is 26.7. The van der Waals surface area contributed by atoms with E-state index in [0.717, 1.165) is 30.5 Å². The summed E-state index contributed by atoms with van der Waals surface area (Å²) in [4.78, 5) is 43.7. The lowest BCUT2D eigenvalue weighted by Crippen LogP contribution is -2.40. The number of hydrogen-bond acceptors (Lipinski definition) is 6. The van der Waals surface area contributed by atoms with Crippen LogP contribution in [-0.4, -0.2) is 65.9 Å². The zero-order valence-corrected chi connectivity index (χ0v) is 22.9. The van der Waals surface area contributed by atoms with Crippen LogP contribution in [0.25, 0.3) is 22.0 Å². The van der Waals surface area contributed by atoms with E-state index in [2.05, 4.69) is 10.2 Å². The van der Waals surface area contributed by atoms with Crippen LogP contribution < -0.4 is 15.8 Å². The average molecular weight is 552 g/mol. The minimum atomic E-state index is -0.294. The number of likely N-dealkylation sites (tertiary alicyclic amines) is 1. The normalized spacial score (nSPS) is 15.6. The van der Waals surface area contributed by atoms with Crippen molar-refractivity contribution in [1.29, 1.82) is 0 Å². The molecular weight excluding hydrogens is 518 g/mol. The van der Waals surface area contributed by atoms with Gasteiger partial charge in [-0.1, -0.05) is 42.5 Å². The van der Waals surface area contributed by atoms with Gasteiger partial charge in [-0.3, -0.25) is 14.4 Å². The third kappa shape index (κ3) is 5.71. The third-order valence-electron chi connectivity index (χ3n) is 7.77. The van der Waals surface area contributed by atoms with E-state index in [1.54, 1.807) is 18.2 Å². The number of carbonyl (C=O) groups is 2. The highest BCUT2D eigenvalue weighted by molar-refractivity contribution is 6.06. The Hall–Kier alpha value is -4.50. The SMILES string of the molecule is O=C(Nc1cc(-c2nn(CC(=O)N3CCCCC3)c(=O)c3ccccc23)ccc1N1CCOCC1)c1ccccc1. The molecule has 1 N–H and O–H groups in total. The molecule has 4 aromatic rings. The maximum absolute atomic E-state index is 13.4. The number of morpholine rings is 1. The molecule has 2 fully saturated rings. The molecule has 3 heterocycles. The minimum absolute atomic E-state index is 0.0981. The van der Waals surface area contributed by atoms with Crippen LogP contribution in [0.3, 0.4) is 0 Å². The van der Waals surface area contributed by atoms with Crippen LogP contribution in [0, 0.1) is 0 Å². The highest BCUT2D eigenvalue weighted by atomic mass is 16.5. The van der Waals surface area contributed by atoms with Gasteiger partial charge in [0.25, 0.3) is 11.5 Å². The van der Waals surface area contributed by atoms with Crippen molar-refractivity contribution in [3.8, 4) is 11.3 Å². The van der Waals surface area contributed by atoms with Crippen LogP contribution in [0.5, 0.6) is 0 Å². The van der Waals surface area contributed by atoms with Gasteiger partial charge in [0, 0.05) is 42.7 Å². The first-order valence-electron chi connectivity index (χ1n) is 14.2. The molecule has 2 aliphatic heterocycles. The Morgan fingerprint density at radius 2 is 1.54 bits per heavy atom. The highest BCUT2D eigenvalue weighted by Crippen LogP contribution is 2.34. The van der Waals surface area contributed by atoms with Crippen LogP contribution in [0.4, 0.5) is 11.4 Å². The van der Waals surface area contributed by atoms with E-state index in [-0.39, 0.29) is 23.9 Å². The van der Waals surface area contributed by atoms with Crippen LogP contribution >= 0.6 is 0 Å². The fraction of sp³-hybridized carbons (Fsp3) is 0.312. The van der Waals surface area contributed by atoms with Crippen LogP contribution in [0.1, 0.15) is 29.6 Å². The summed E-state index contributed by atoms with van der Waals surface area (Å²) in [5, 5.41) is 9.03. The van der Waals surface area contributed by atoms with Gasteiger partial charge in [-0.2, -0.15) is 5.10 Å². The fourth-order valence-corrected chi connectivity index (χ4v) is 5.57. The summed E-state index contributed by atoms with van der Waals surface area (Å²) < 4.78 is 6.83. The van der Waals surface area contributed by atoms with Crippen LogP contribution in [0.15, 0.2) is 77.6 Å². The maximum atomic E-state index is 13.4. The van der Waals surface area contributed by atoms with Crippen LogP contribution in [0.2, 0.25) is 0 Å². The molecule has 2 saturated heterocycles. The molecule has 210 valence electrons. The van der Waals surface area contributed by atoms with Crippen molar-refractivity contribution in [2.75, 3.05) is 49.6 Å². The molecule has 2 amide bonds. The van der Waals surface area contributed by atoms with Gasteiger partial charge in [-0.05, 0) is 49.6 Å². The molecule has 0 radical (unpaired) electrons. The van der Waals surface area contributed by atoms with Gasteiger partial charge in [0.15, 0.2) is 0 Å². The van der Waals surface area contributed by atoms with Gasteiger partial charge >= 0.3 is 0 Å². The first-order valence-corrected chi connectivity index (χ1v) is 14.2. The Labute approximate surface area is 238 Å². The Bertz CT molecular complexity index is 1620. The Morgan fingerprint density at radius 3 is 2.29 bits per heavy atom. The molecule has 0 saturated carbocycles.